The maximum atomic E-state index is 12.0. The number of carbonyl (C=O) groups excluding carboxylic acids is 1. The first-order valence-corrected chi connectivity index (χ1v) is 7.13. The van der Waals surface area contributed by atoms with Gasteiger partial charge in [0, 0.05) is 11.8 Å². The molecule has 0 aliphatic rings. The van der Waals surface area contributed by atoms with Crippen LogP contribution in [0.2, 0.25) is 0 Å². The van der Waals surface area contributed by atoms with Crippen molar-refractivity contribution in [1.29, 1.82) is 0 Å². The Morgan fingerprint density at radius 1 is 1.24 bits per heavy atom. The Bertz CT molecular complexity index is 897. The molecule has 126 valence electrons. The third-order valence-corrected chi connectivity index (χ3v) is 3.16. The second kappa shape index (κ2) is 7.17. The van der Waals surface area contributed by atoms with Gasteiger partial charge in [-0.15, -0.1) is 5.10 Å². The molecule has 10 heteroatoms. The normalized spacial score (nSPS) is 10.2. The van der Waals surface area contributed by atoms with E-state index in [2.05, 4.69) is 20.8 Å². The molecule has 2 aromatic carbocycles. The molecule has 3 aromatic rings. The Morgan fingerprint density at radius 2 is 2.08 bits per heavy atom. The Hall–Kier alpha value is -3.82. The van der Waals surface area contributed by atoms with Crippen molar-refractivity contribution in [3.05, 3.63) is 65.0 Å². The van der Waals surface area contributed by atoms with Crippen LogP contribution in [0.15, 0.2) is 54.9 Å². The molecular formula is C15H12N6O4. The number of nitrogens with one attached hydrogen (secondary N) is 1. The minimum atomic E-state index is -0.567. The lowest BCUT2D eigenvalue weighted by Crippen LogP contribution is -2.20. The van der Waals surface area contributed by atoms with E-state index in [4.69, 9.17) is 4.74 Å². The Morgan fingerprint density at radius 3 is 2.84 bits per heavy atom. The van der Waals surface area contributed by atoms with Crippen LogP contribution >= 0.6 is 0 Å². The molecule has 0 fully saturated rings. The lowest BCUT2D eigenvalue weighted by molar-refractivity contribution is -0.385. The Labute approximate surface area is 141 Å². The number of tetrazole rings is 1. The Balaban J connectivity index is 1.64. The standard InChI is InChI=1S/C15H12N6O4/c22-15(9-25-14-7-2-1-6-13(14)21(23)24)17-11-4-3-5-12(8-11)20-10-16-18-19-20/h1-8,10H,9H2,(H,17,22). The van der Waals surface area contributed by atoms with Gasteiger partial charge in [0.15, 0.2) is 12.4 Å². The molecule has 3 rings (SSSR count). The number of para-hydroxylation sites is 2. The summed E-state index contributed by atoms with van der Waals surface area (Å²) in [5.74, 6) is -0.419. The van der Waals surface area contributed by atoms with E-state index < -0.39 is 10.8 Å². The predicted octanol–water partition coefficient (Wildman–Crippen LogP) is 1.59. The van der Waals surface area contributed by atoms with E-state index in [-0.39, 0.29) is 18.0 Å². The first kappa shape index (κ1) is 16.1. The van der Waals surface area contributed by atoms with Crippen molar-refractivity contribution < 1.29 is 14.5 Å². The van der Waals surface area contributed by atoms with E-state index in [1.165, 1.54) is 29.2 Å². The fourth-order valence-electron chi connectivity index (χ4n) is 2.08. The molecule has 10 nitrogen and oxygen atoms in total. The van der Waals surface area contributed by atoms with Crippen molar-refractivity contribution in [3.8, 4) is 11.4 Å². The van der Waals surface area contributed by atoms with Gasteiger partial charge in [0.05, 0.1) is 10.6 Å². The third kappa shape index (κ3) is 3.93. The van der Waals surface area contributed by atoms with Crippen LogP contribution in [0.5, 0.6) is 5.75 Å². The molecule has 0 spiro atoms. The van der Waals surface area contributed by atoms with Crippen molar-refractivity contribution in [1.82, 2.24) is 20.2 Å². The molecule has 0 aliphatic carbocycles. The van der Waals surface area contributed by atoms with Crippen LogP contribution in [0.4, 0.5) is 11.4 Å². The summed E-state index contributed by atoms with van der Waals surface area (Å²) in [6, 6.07) is 12.7. The summed E-state index contributed by atoms with van der Waals surface area (Å²) < 4.78 is 6.69. The van der Waals surface area contributed by atoms with Crippen LogP contribution in [0, 0.1) is 10.1 Å². The second-order valence-corrected chi connectivity index (χ2v) is 4.87. The van der Waals surface area contributed by atoms with E-state index in [1.807, 2.05) is 0 Å². The molecule has 0 radical (unpaired) electrons. The summed E-state index contributed by atoms with van der Waals surface area (Å²) >= 11 is 0. The van der Waals surface area contributed by atoms with E-state index in [0.717, 1.165) is 0 Å². The molecule has 0 saturated carbocycles. The lowest BCUT2D eigenvalue weighted by atomic mass is 10.3. The van der Waals surface area contributed by atoms with Crippen molar-refractivity contribution in [2.24, 2.45) is 0 Å². The summed E-state index contributed by atoms with van der Waals surface area (Å²) in [5, 5.41) is 24.4. The summed E-state index contributed by atoms with van der Waals surface area (Å²) in [7, 11) is 0. The van der Waals surface area contributed by atoms with E-state index >= 15 is 0 Å². The number of hydrogen-bond acceptors (Lipinski definition) is 7. The predicted molar refractivity (Wildman–Crippen MR) is 86.4 cm³/mol. The van der Waals surface area contributed by atoms with Gasteiger partial charge in [-0.05, 0) is 34.7 Å². The fraction of sp³-hybridized carbons (Fsp3) is 0.0667. The van der Waals surface area contributed by atoms with Gasteiger partial charge in [0.25, 0.3) is 5.91 Å². The molecule has 1 N–H and O–H groups in total. The average Bonchev–Trinajstić information content (AvgIpc) is 3.15. The van der Waals surface area contributed by atoms with Crippen LogP contribution in [0.25, 0.3) is 5.69 Å². The zero-order chi connectivity index (χ0) is 17.6. The minimum absolute atomic E-state index is 0.0325. The van der Waals surface area contributed by atoms with Gasteiger partial charge in [-0.1, -0.05) is 18.2 Å². The molecule has 0 unspecified atom stereocenters. The molecule has 1 aromatic heterocycles. The first-order chi connectivity index (χ1) is 12.1. The van der Waals surface area contributed by atoms with Gasteiger partial charge >= 0.3 is 5.69 Å². The summed E-state index contributed by atoms with van der Waals surface area (Å²) in [4.78, 5) is 22.4. The number of ether oxygens (including phenoxy) is 1. The average molecular weight is 340 g/mol. The maximum absolute atomic E-state index is 12.0. The summed E-state index contributed by atoms with van der Waals surface area (Å²) in [5.41, 5.74) is 0.988. The number of carbonyl (C=O) groups is 1. The number of benzene rings is 2. The van der Waals surface area contributed by atoms with Gasteiger partial charge in [-0.25, -0.2) is 4.68 Å². The van der Waals surface area contributed by atoms with Crippen LogP contribution in [-0.2, 0) is 4.79 Å². The molecule has 0 atom stereocenters. The molecule has 1 heterocycles. The zero-order valence-electron chi connectivity index (χ0n) is 12.8. The highest BCUT2D eigenvalue weighted by molar-refractivity contribution is 5.92. The molecule has 0 aliphatic heterocycles. The molecule has 1 amide bonds. The maximum Gasteiger partial charge on any atom is 0.310 e. The van der Waals surface area contributed by atoms with Gasteiger partial charge < -0.3 is 10.1 Å². The third-order valence-electron chi connectivity index (χ3n) is 3.16. The fourth-order valence-corrected chi connectivity index (χ4v) is 2.08. The number of anilines is 1. The van der Waals surface area contributed by atoms with E-state index in [1.54, 1.807) is 30.3 Å². The van der Waals surface area contributed by atoms with Gasteiger partial charge in [0.1, 0.15) is 6.33 Å². The van der Waals surface area contributed by atoms with Gasteiger partial charge in [0.2, 0.25) is 0 Å². The van der Waals surface area contributed by atoms with Crippen LogP contribution in [0.1, 0.15) is 0 Å². The number of hydrogen-bond donors (Lipinski definition) is 1. The van der Waals surface area contributed by atoms with Gasteiger partial charge in [-0.3, -0.25) is 14.9 Å². The highest BCUT2D eigenvalue weighted by Crippen LogP contribution is 2.25. The number of nitrogens with zero attached hydrogens (tertiary/aromatic N) is 5. The number of aromatic nitrogens is 4. The zero-order valence-corrected chi connectivity index (χ0v) is 12.8. The first-order valence-electron chi connectivity index (χ1n) is 7.13. The monoisotopic (exact) mass is 340 g/mol. The SMILES string of the molecule is O=C(COc1ccccc1[N+](=O)[O-])Nc1cccc(-n2cnnn2)c1. The number of nitro groups is 1. The Kier molecular flexibility index (Phi) is 4.60. The molecule has 0 saturated heterocycles. The smallest absolute Gasteiger partial charge is 0.310 e. The van der Waals surface area contributed by atoms with E-state index in [0.29, 0.717) is 11.4 Å². The summed E-state index contributed by atoms with van der Waals surface area (Å²) in [6.45, 7) is -0.361. The van der Waals surface area contributed by atoms with Crippen LogP contribution in [0.3, 0.4) is 0 Å². The highest BCUT2D eigenvalue weighted by Gasteiger charge is 2.15. The van der Waals surface area contributed by atoms with E-state index in [9.17, 15) is 14.9 Å². The molecular weight excluding hydrogens is 328 g/mol. The number of rotatable bonds is 6. The highest BCUT2D eigenvalue weighted by atomic mass is 16.6. The lowest BCUT2D eigenvalue weighted by Gasteiger charge is -2.08. The topological polar surface area (TPSA) is 125 Å². The van der Waals surface area contributed by atoms with Crippen LogP contribution < -0.4 is 10.1 Å². The molecule has 0 bridgehead atoms. The quantitative estimate of drug-likeness (QED) is 0.533. The van der Waals surface area contributed by atoms with Crippen LogP contribution in [-0.4, -0.2) is 37.6 Å². The van der Waals surface area contributed by atoms with Gasteiger partial charge in [-0.2, -0.15) is 0 Å². The van der Waals surface area contributed by atoms with Crippen molar-refractivity contribution in [2.45, 2.75) is 0 Å². The molecule has 25 heavy (non-hydrogen) atoms. The van der Waals surface area contributed by atoms with Crippen molar-refractivity contribution in [3.63, 3.8) is 0 Å². The largest absolute Gasteiger partial charge is 0.477 e. The summed E-state index contributed by atoms with van der Waals surface area (Å²) in [6.07, 6.45) is 1.43. The van der Waals surface area contributed by atoms with Crippen molar-refractivity contribution >= 4 is 17.3 Å². The number of amides is 1. The second-order valence-electron chi connectivity index (χ2n) is 4.87. The minimum Gasteiger partial charge on any atom is -0.477 e. The number of nitro benzene ring substituents is 1. The van der Waals surface area contributed by atoms with Crippen molar-refractivity contribution in [2.75, 3.05) is 11.9 Å².